The largest absolute Gasteiger partial charge is 0.308 e. The predicted molar refractivity (Wildman–Crippen MR) is 195 cm³/mol. The molecule has 0 aliphatic heterocycles. The molecule has 4 nitrogen and oxygen atoms in total. The normalized spacial score (nSPS) is 11.8. The molecule has 0 saturated heterocycles. The lowest BCUT2D eigenvalue weighted by atomic mass is 9.95. The van der Waals surface area contributed by atoms with Crippen LogP contribution in [0.15, 0.2) is 170 Å². The molecular weight excluding hydrogens is 573 g/mol. The summed E-state index contributed by atoms with van der Waals surface area (Å²) in [6, 6.07) is 60.7. The fourth-order valence-corrected chi connectivity index (χ4v) is 7.43. The van der Waals surface area contributed by atoms with E-state index in [-0.39, 0.29) is 0 Å². The molecule has 0 aliphatic rings. The third kappa shape index (κ3) is 3.79. The summed E-state index contributed by atoms with van der Waals surface area (Å²) in [6.45, 7) is 0. The summed E-state index contributed by atoms with van der Waals surface area (Å²) in [4.78, 5) is 5.14. The van der Waals surface area contributed by atoms with Gasteiger partial charge in [0, 0.05) is 27.6 Å². The second-order valence-electron chi connectivity index (χ2n) is 12.0. The Morgan fingerprint density at radius 2 is 0.957 bits per heavy atom. The van der Waals surface area contributed by atoms with Gasteiger partial charge in [-0.3, -0.25) is 8.97 Å². The Morgan fingerprint density at radius 1 is 0.383 bits per heavy atom. The summed E-state index contributed by atoms with van der Waals surface area (Å²) in [6.07, 6.45) is 0. The molecule has 0 bridgehead atoms. The standard InChI is InChI=1S/C43H28N4/c1-3-14-29(15-4-1)32-19-13-20-33(30-16-5-2-6-17-30)42(32)46-37-22-9-7-18-34(37)35-28-31(26-27-38(35)46)45-40-24-11-12-25-41(40)47-39-23-10-8-21-36(39)44-43(45)47/h1-28H. The van der Waals surface area contributed by atoms with Crippen LogP contribution < -0.4 is 0 Å². The van der Waals surface area contributed by atoms with Crippen molar-refractivity contribution in [2.75, 3.05) is 0 Å². The maximum atomic E-state index is 5.14. The lowest BCUT2D eigenvalue weighted by molar-refractivity contribution is 1.11. The minimum Gasteiger partial charge on any atom is -0.308 e. The summed E-state index contributed by atoms with van der Waals surface area (Å²) in [5.41, 5.74) is 13.7. The van der Waals surface area contributed by atoms with E-state index < -0.39 is 0 Å². The highest BCUT2D eigenvalue weighted by molar-refractivity contribution is 6.11. The van der Waals surface area contributed by atoms with Crippen LogP contribution in [0.3, 0.4) is 0 Å². The molecule has 220 valence electrons. The Kier molecular flexibility index (Phi) is 5.54. The first kappa shape index (κ1) is 25.9. The van der Waals surface area contributed by atoms with Gasteiger partial charge >= 0.3 is 0 Å². The molecule has 0 atom stereocenters. The molecule has 0 spiro atoms. The Bertz CT molecular complexity index is 2720. The lowest BCUT2D eigenvalue weighted by Gasteiger charge is -2.19. The van der Waals surface area contributed by atoms with E-state index in [4.69, 9.17) is 4.98 Å². The summed E-state index contributed by atoms with van der Waals surface area (Å²) in [7, 11) is 0. The van der Waals surface area contributed by atoms with Crippen LogP contribution in [0.1, 0.15) is 0 Å². The molecule has 0 fully saturated rings. The highest BCUT2D eigenvalue weighted by Gasteiger charge is 2.22. The van der Waals surface area contributed by atoms with Gasteiger partial charge in [0.25, 0.3) is 0 Å². The maximum Gasteiger partial charge on any atom is 0.220 e. The third-order valence-electron chi connectivity index (χ3n) is 9.45. The SMILES string of the molecule is c1ccc(-c2cccc(-c3ccccc3)c2-n2c3ccccc3c3cc(-n4c5ccccc5n5c6ccccc6nc45)ccc32)cc1. The molecule has 3 heterocycles. The summed E-state index contributed by atoms with van der Waals surface area (Å²) in [5.74, 6) is 0.913. The molecule has 0 amide bonds. The van der Waals surface area contributed by atoms with Gasteiger partial charge in [-0.25, -0.2) is 4.98 Å². The maximum absolute atomic E-state index is 5.14. The molecule has 47 heavy (non-hydrogen) atoms. The minimum absolute atomic E-state index is 0.913. The zero-order chi connectivity index (χ0) is 30.9. The van der Waals surface area contributed by atoms with Crippen LogP contribution in [-0.2, 0) is 0 Å². The molecule has 0 aliphatic carbocycles. The van der Waals surface area contributed by atoms with Crippen LogP contribution >= 0.6 is 0 Å². The Hall–Kier alpha value is -6.39. The molecule has 0 saturated carbocycles. The average Bonchev–Trinajstić information content (AvgIpc) is 3.78. The minimum atomic E-state index is 0.913. The van der Waals surface area contributed by atoms with Crippen LogP contribution in [0.5, 0.6) is 0 Å². The number of hydrogen-bond donors (Lipinski definition) is 0. The van der Waals surface area contributed by atoms with Gasteiger partial charge in [-0.15, -0.1) is 0 Å². The van der Waals surface area contributed by atoms with E-state index in [1.807, 2.05) is 0 Å². The van der Waals surface area contributed by atoms with Crippen molar-refractivity contribution in [3.8, 4) is 33.6 Å². The topological polar surface area (TPSA) is 27.2 Å². The number of aromatic nitrogens is 4. The van der Waals surface area contributed by atoms with Crippen LogP contribution in [-0.4, -0.2) is 18.5 Å². The monoisotopic (exact) mass is 600 g/mol. The van der Waals surface area contributed by atoms with Crippen molar-refractivity contribution in [1.82, 2.24) is 18.5 Å². The smallest absolute Gasteiger partial charge is 0.220 e. The zero-order valence-electron chi connectivity index (χ0n) is 25.5. The van der Waals surface area contributed by atoms with Gasteiger partial charge in [-0.1, -0.05) is 121 Å². The van der Waals surface area contributed by atoms with E-state index >= 15 is 0 Å². The highest BCUT2D eigenvalue weighted by atomic mass is 15.2. The van der Waals surface area contributed by atoms with E-state index in [0.717, 1.165) is 39.0 Å². The van der Waals surface area contributed by atoms with E-state index in [9.17, 15) is 0 Å². The second kappa shape index (κ2) is 10.1. The van der Waals surface area contributed by atoms with Gasteiger partial charge in [0.15, 0.2) is 0 Å². The quantitative estimate of drug-likeness (QED) is 0.197. The number of nitrogens with zero attached hydrogens (tertiary/aromatic N) is 4. The van der Waals surface area contributed by atoms with Gasteiger partial charge in [0.05, 0.1) is 38.8 Å². The van der Waals surface area contributed by atoms with Crippen molar-refractivity contribution < 1.29 is 0 Å². The first-order valence-electron chi connectivity index (χ1n) is 16.0. The van der Waals surface area contributed by atoms with Gasteiger partial charge in [0.1, 0.15) is 0 Å². The van der Waals surface area contributed by atoms with Crippen LogP contribution in [0.4, 0.5) is 0 Å². The Morgan fingerprint density at radius 3 is 1.68 bits per heavy atom. The number of imidazole rings is 2. The summed E-state index contributed by atoms with van der Waals surface area (Å²) in [5, 5.41) is 2.42. The number of benzene rings is 7. The Balaban J connectivity index is 1.30. The Labute approximate surface area is 271 Å². The van der Waals surface area contributed by atoms with Gasteiger partial charge < -0.3 is 4.57 Å². The molecular formula is C43H28N4. The van der Waals surface area contributed by atoms with E-state index in [1.165, 1.54) is 44.2 Å². The zero-order valence-corrected chi connectivity index (χ0v) is 25.5. The van der Waals surface area contributed by atoms with E-state index in [1.54, 1.807) is 0 Å². The van der Waals surface area contributed by atoms with Crippen LogP contribution in [0.2, 0.25) is 0 Å². The van der Waals surface area contributed by atoms with Crippen LogP contribution in [0.25, 0.3) is 83.3 Å². The average molecular weight is 601 g/mol. The third-order valence-corrected chi connectivity index (χ3v) is 9.45. The van der Waals surface area contributed by atoms with Crippen molar-refractivity contribution in [3.63, 3.8) is 0 Å². The molecule has 7 aromatic carbocycles. The van der Waals surface area contributed by atoms with E-state index in [0.29, 0.717) is 0 Å². The molecule has 0 unspecified atom stereocenters. The number of hydrogen-bond acceptors (Lipinski definition) is 1. The fourth-order valence-electron chi connectivity index (χ4n) is 7.43. The van der Waals surface area contributed by atoms with Crippen molar-refractivity contribution in [2.45, 2.75) is 0 Å². The van der Waals surface area contributed by atoms with Crippen molar-refractivity contribution in [1.29, 1.82) is 0 Å². The van der Waals surface area contributed by atoms with Gasteiger partial charge in [-0.2, -0.15) is 0 Å². The molecule has 4 heteroatoms. The number of rotatable bonds is 4. The highest BCUT2D eigenvalue weighted by Crippen LogP contribution is 2.42. The second-order valence-corrected chi connectivity index (χ2v) is 12.0. The van der Waals surface area contributed by atoms with Crippen molar-refractivity contribution in [3.05, 3.63) is 170 Å². The number of fused-ring (bicyclic) bond motifs is 8. The van der Waals surface area contributed by atoms with Crippen molar-refractivity contribution in [2.24, 2.45) is 0 Å². The molecule has 10 rings (SSSR count). The molecule has 10 aromatic rings. The fraction of sp³-hybridized carbons (Fsp3) is 0. The summed E-state index contributed by atoms with van der Waals surface area (Å²) < 4.78 is 7.04. The van der Waals surface area contributed by atoms with Gasteiger partial charge in [0.2, 0.25) is 5.78 Å². The van der Waals surface area contributed by atoms with Crippen LogP contribution in [0, 0.1) is 0 Å². The lowest BCUT2D eigenvalue weighted by Crippen LogP contribution is -2.01. The van der Waals surface area contributed by atoms with Gasteiger partial charge in [-0.05, 0) is 59.7 Å². The first-order chi connectivity index (χ1) is 23.3. The molecule has 0 N–H and O–H groups in total. The predicted octanol–water partition coefficient (Wildman–Crippen LogP) is 10.9. The first-order valence-corrected chi connectivity index (χ1v) is 16.0. The summed E-state index contributed by atoms with van der Waals surface area (Å²) >= 11 is 0. The molecule has 3 aromatic heterocycles. The number of para-hydroxylation sites is 6. The van der Waals surface area contributed by atoms with E-state index in [2.05, 4.69) is 183 Å². The van der Waals surface area contributed by atoms with Crippen molar-refractivity contribution >= 4 is 49.7 Å². The molecule has 0 radical (unpaired) electrons.